The molecule has 1 aromatic heterocycles. The fraction of sp³-hybridized carbons (Fsp3) is 0.227. The Kier molecular flexibility index (Phi) is 5.56. The third-order valence-corrected chi connectivity index (χ3v) is 4.83. The van der Waals surface area contributed by atoms with Gasteiger partial charge in [0.15, 0.2) is 0 Å². The second-order valence-electron chi connectivity index (χ2n) is 6.93. The van der Waals surface area contributed by atoms with Crippen molar-refractivity contribution in [2.75, 3.05) is 46.6 Å². The van der Waals surface area contributed by atoms with Crippen molar-refractivity contribution in [2.45, 2.75) is 6.92 Å². The Bertz CT molecular complexity index is 953. The summed E-state index contributed by atoms with van der Waals surface area (Å²) < 4.78 is 0. The number of nitrogens with one attached hydrogen (secondary N) is 2. The summed E-state index contributed by atoms with van der Waals surface area (Å²) >= 11 is 0. The molecule has 7 nitrogen and oxygen atoms in total. The first-order valence-electron chi connectivity index (χ1n) is 9.70. The SMILES string of the molecule is CC(=O)Nc1ccc(Nc2nccc(N3CCN(c4ccccc4)CC3)n2)cc1. The minimum Gasteiger partial charge on any atom is -0.368 e. The van der Waals surface area contributed by atoms with Gasteiger partial charge in [-0.3, -0.25) is 4.79 Å². The first kappa shape index (κ1) is 18.7. The lowest BCUT2D eigenvalue weighted by Crippen LogP contribution is -2.46. The normalized spacial score (nSPS) is 13.8. The largest absolute Gasteiger partial charge is 0.368 e. The summed E-state index contributed by atoms with van der Waals surface area (Å²) in [5.74, 6) is 1.39. The van der Waals surface area contributed by atoms with E-state index in [0.29, 0.717) is 5.95 Å². The van der Waals surface area contributed by atoms with Crippen LogP contribution in [0, 0.1) is 0 Å². The van der Waals surface area contributed by atoms with E-state index in [9.17, 15) is 4.79 Å². The maximum atomic E-state index is 11.1. The van der Waals surface area contributed by atoms with Crippen LogP contribution >= 0.6 is 0 Å². The quantitative estimate of drug-likeness (QED) is 0.697. The molecule has 1 fully saturated rings. The fourth-order valence-electron chi connectivity index (χ4n) is 3.39. The number of carbonyl (C=O) groups excluding carboxylic acids is 1. The molecule has 1 aliphatic rings. The van der Waals surface area contributed by atoms with E-state index in [4.69, 9.17) is 0 Å². The van der Waals surface area contributed by atoms with Crippen LogP contribution in [0.2, 0.25) is 0 Å². The van der Waals surface area contributed by atoms with Crippen LogP contribution in [-0.4, -0.2) is 42.1 Å². The Hall–Kier alpha value is -3.61. The monoisotopic (exact) mass is 388 g/mol. The van der Waals surface area contributed by atoms with Gasteiger partial charge < -0.3 is 20.4 Å². The Morgan fingerprint density at radius 3 is 2.21 bits per heavy atom. The van der Waals surface area contributed by atoms with Crippen molar-refractivity contribution < 1.29 is 4.79 Å². The summed E-state index contributed by atoms with van der Waals surface area (Å²) in [5.41, 5.74) is 2.89. The number of nitrogens with zero attached hydrogens (tertiary/aromatic N) is 4. The molecule has 0 bridgehead atoms. The number of hydrogen-bond acceptors (Lipinski definition) is 6. The van der Waals surface area contributed by atoms with Crippen LogP contribution in [-0.2, 0) is 4.79 Å². The molecule has 7 heteroatoms. The van der Waals surface area contributed by atoms with Gasteiger partial charge in [-0.25, -0.2) is 4.98 Å². The molecule has 4 rings (SSSR count). The van der Waals surface area contributed by atoms with Gasteiger partial charge in [0, 0.05) is 56.4 Å². The second kappa shape index (κ2) is 8.60. The number of para-hydroxylation sites is 1. The molecule has 0 radical (unpaired) electrons. The average Bonchev–Trinajstić information content (AvgIpc) is 2.76. The van der Waals surface area contributed by atoms with Gasteiger partial charge in [-0.15, -0.1) is 0 Å². The summed E-state index contributed by atoms with van der Waals surface area (Å²) in [6.07, 6.45) is 1.78. The van der Waals surface area contributed by atoms with E-state index in [1.807, 2.05) is 36.4 Å². The van der Waals surface area contributed by atoms with E-state index < -0.39 is 0 Å². The predicted molar refractivity (Wildman–Crippen MR) is 117 cm³/mol. The van der Waals surface area contributed by atoms with Gasteiger partial charge >= 0.3 is 0 Å². The molecule has 1 aliphatic heterocycles. The maximum absolute atomic E-state index is 11.1. The molecular weight excluding hydrogens is 364 g/mol. The van der Waals surface area contributed by atoms with E-state index >= 15 is 0 Å². The lowest BCUT2D eigenvalue weighted by atomic mass is 10.2. The van der Waals surface area contributed by atoms with Crippen molar-refractivity contribution in [2.24, 2.45) is 0 Å². The molecule has 2 heterocycles. The molecule has 1 amide bonds. The number of anilines is 5. The molecule has 148 valence electrons. The van der Waals surface area contributed by atoms with E-state index in [0.717, 1.165) is 43.4 Å². The minimum atomic E-state index is -0.0888. The summed E-state index contributed by atoms with van der Waals surface area (Å²) in [5, 5.41) is 5.98. The first-order chi connectivity index (χ1) is 14.2. The number of carbonyl (C=O) groups is 1. The van der Waals surface area contributed by atoms with E-state index in [1.165, 1.54) is 12.6 Å². The topological polar surface area (TPSA) is 73.4 Å². The van der Waals surface area contributed by atoms with Crippen LogP contribution in [0.5, 0.6) is 0 Å². The van der Waals surface area contributed by atoms with Crippen LogP contribution in [0.15, 0.2) is 66.9 Å². The predicted octanol–water partition coefficient (Wildman–Crippen LogP) is 3.51. The highest BCUT2D eigenvalue weighted by Crippen LogP contribution is 2.21. The van der Waals surface area contributed by atoms with Crippen molar-refractivity contribution in [3.8, 4) is 0 Å². The second-order valence-corrected chi connectivity index (χ2v) is 6.93. The third kappa shape index (κ3) is 4.82. The summed E-state index contributed by atoms with van der Waals surface area (Å²) in [7, 11) is 0. The molecule has 0 atom stereocenters. The molecule has 29 heavy (non-hydrogen) atoms. The van der Waals surface area contributed by atoms with Crippen LogP contribution in [0.3, 0.4) is 0 Å². The molecule has 0 unspecified atom stereocenters. The van der Waals surface area contributed by atoms with Gasteiger partial charge in [0.05, 0.1) is 0 Å². The maximum Gasteiger partial charge on any atom is 0.229 e. The standard InChI is InChI=1S/C22H24N6O/c1-17(29)24-18-7-9-19(10-8-18)25-22-23-12-11-21(26-22)28-15-13-27(14-16-28)20-5-3-2-4-6-20/h2-12H,13-16H2,1H3,(H,24,29)(H,23,25,26). The number of piperazine rings is 1. The molecule has 2 N–H and O–H groups in total. The lowest BCUT2D eigenvalue weighted by molar-refractivity contribution is -0.114. The van der Waals surface area contributed by atoms with Crippen molar-refractivity contribution in [1.29, 1.82) is 0 Å². The van der Waals surface area contributed by atoms with Crippen molar-refractivity contribution in [3.63, 3.8) is 0 Å². The van der Waals surface area contributed by atoms with Crippen LogP contribution in [0.4, 0.5) is 28.8 Å². The van der Waals surface area contributed by atoms with Crippen LogP contribution in [0.1, 0.15) is 6.92 Å². The number of amides is 1. The summed E-state index contributed by atoms with van der Waals surface area (Å²) in [6.45, 7) is 5.24. The third-order valence-electron chi connectivity index (χ3n) is 4.83. The van der Waals surface area contributed by atoms with Gasteiger partial charge in [0.2, 0.25) is 11.9 Å². The van der Waals surface area contributed by atoms with Crippen molar-refractivity contribution in [3.05, 3.63) is 66.9 Å². The molecule has 0 aliphatic carbocycles. The zero-order chi connectivity index (χ0) is 20.1. The van der Waals surface area contributed by atoms with Crippen LogP contribution < -0.4 is 20.4 Å². The van der Waals surface area contributed by atoms with Crippen molar-refractivity contribution >= 4 is 34.7 Å². The van der Waals surface area contributed by atoms with Crippen molar-refractivity contribution in [1.82, 2.24) is 9.97 Å². The molecular formula is C22H24N6O. The number of aromatic nitrogens is 2. The zero-order valence-corrected chi connectivity index (χ0v) is 16.4. The Balaban J connectivity index is 1.38. The lowest BCUT2D eigenvalue weighted by Gasteiger charge is -2.36. The van der Waals surface area contributed by atoms with E-state index in [-0.39, 0.29) is 5.91 Å². The average molecular weight is 388 g/mol. The fourth-order valence-corrected chi connectivity index (χ4v) is 3.39. The Morgan fingerprint density at radius 2 is 1.52 bits per heavy atom. The Labute approximate surface area is 170 Å². The molecule has 0 spiro atoms. The smallest absolute Gasteiger partial charge is 0.229 e. The molecule has 1 saturated heterocycles. The van der Waals surface area contributed by atoms with Gasteiger partial charge in [0.1, 0.15) is 5.82 Å². The van der Waals surface area contributed by atoms with Gasteiger partial charge in [-0.2, -0.15) is 4.98 Å². The van der Waals surface area contributed by atoms with E-state index in [1.54, 1.807) is 6.20 Å². The number of benzene rings is 2. The zero-order valence-electron chi connectivity index (χ0n) is 16.4. The highest BCUT2D eigenvalue weighted by atomic mass is 16.1. The molecule has 0 saturated carbocycles. The number of hydrogen-bond donors (Lipinski definition) is 2. The summed E-state index contributed by atoms with van der Waals surface area (Å²) in [4.78, 5) is 24.8. The summed E-state index contributed by atoms with van der Waals surface area (Å²) in [6, 6.07) is 19.9. The number of rotatable bonds is 5. The highest BCUT2D eigenvalue weighted by molar-refractivity contribution is 5.88. The van der Waals surface area contributed by atoms with Crippen LogP contribution in [0.25, 0.3) is 0 Å². The minimum absolute atomic E-state index is 0.0888. The van der Waals surface area contributed by atoms with Gasteiger partial charge in [-0.05, 0) is 42.5 Å². The first-order valence-corrected chi connectivity index (χ1v) is 9.70. The van der Waals surface area contributed by atoms with Gasteiger partial charge in [-0.1, -0.05) is 18.2 Å². The van der Waals surface area contributed by atoms with Gasteiger partial charge in [0.25, 0.3) is 0 Å². The molecule has 3 aromatic rings. The van der Waals surface area contributed by atoms with E-state index in [2.05, 4.69) is 54.7 Å². The Morgan fingerprint density at radius 1 is 0.862 bits per heavy atom. The molecule has 2 aromatic carbocycles. The highest BCUT2D eigenvalue weighted by Gasteiger charge is 2.18.